The molecular formula is C21H22N6O2. The monoisotopic (exact) mass is 390 g/mol. The van der Waals surface area contributed by atoms with Gasteiger partial charge in [-0.2, -0.15) is 0 Å². The molecular weight excluding hydrogens is 368 g/mol. The molecule has 0 unspecified atom stereocenters. The highest BCUT2D eigenvalue weighted by atomic mass is 16.3. The number of hydrogen-bond acceptors (Lipinski definition) is 7. The molecule has 3 aromatic heterocycles. The van der Waals surface area contributed by atoms with E-state index in [4.69, 9.17) is 4.42 Å². The van der Waals surface area contributed by atoms with Crippen LogP contribution in [0.4, 0.5) is 17.5 Å². The summed E-state index contributed by atoms with van der Waals surface area (Å²) in [4.78, 5) is 29.7. The number of carbonyl (C=O) groups excluding carboxylic acids is 1. The molecule has 0 aromatic carbocycles. The number of aromatic nitrogens is 3. The van der Waals surface area contributed by atoms with Crippen molar-refractivity contribution in [2.24, 2.45) is 0 Å². The summed E-state index contributed by atoms with van der Waals surface area (Å²) in [5.74, 6) is 3.61. The van der Waals surface area contributed by atoms with E-state index in [9.17, 15) is 4.79 Å². The molecule has 8 heteroatoms. The Labute approximate surface area is 168 Å². The molecule has 1 fully saturated rings. The second-order valence-corrected chi connectivity index (χ2v) is 6.66. The second kappa shape index (κ2) is 8.55. The number of pyridine rings is 1. The van der Waals surface area contributed by atoms with Gasteiger partial charge in [0.15, 0.2) is 0 Å². The van der Waals surface area contributed by atoms with E-state index >= 15 is 0 Å². The summed E-state index contributed by atoms with van der Waals surface area (Å²) in [5.41, 5.74) is 0. The third kappa shape index (κ3) is 4.78. The number of nitrogens with one attached hydrogen (secondary N) is 1. The fourth-order valence-electron chi connectivity index (χ4n) is 3.15. The fourth-order valence-corrected chi connectivity index (χ4v) is 3.15. The Balaban J connectivity index is 1.38. The Morgan fingerprint density at radius 1 is 1.10 bits per heavy atom. The average molecular weight is 390 g/mol. The summed E-state index contributed by atoms with van der Waals surface area (Å²) in [6.45, 7) is 4.55. The van der Waals surface area contributed by atoms with Crippen LogP contribution in [-0.2, 0) is 4.79 Å². The van der Waals surface area contributed by atoms with Gasteiger partial charge in [-0.05, 0) is 37.3 Å². The fraction of sp³-hybridized carbons (Fsp3) is 0.238. The van der Waals surface area contributed by atoms with Gasteiger partial charge in [-0.15, -0.1) is 0 Å². The number of rotatable bonds is 5. The SMILES string of the molecule is Cc1nc(Nc2ccccn2)cc(N2CCN(C(=O)/C=C/c3ccco3)CC2)n1. The number of carbonyl (C=O) groups is 1. The van der Waals surface area contributed by atoms with Gasteiger partial charge in [-0.25, -0.2) is 15.0 Å². The molecule has 0 saturated carbocycles. The van der Waals surface area contributed by atoms with Crippen molar-refractivity contribution in [3.05, 3.63) is 66.5 Å². The molecule has 0 atom stereocenters. The molecule has 29 heavy (non-hydrogen) atoms. The quantitative estimate of drug-likeness (QED) is 0.670. The normalized spacial score (nSPS) is 14.4. The Bertz CT molecular complexity index is 980. The van der Waals surface area contributed by atoms with Gasteiger partial charge >= 0.3 is 0 Å². The molecule has 3 aromatic rings. The minimum absolute atomic E-state index is 0.0163. The van der Waals surface area contributed by atoms with Crippen molar-refractivity contribution >= 4 is 29.4 Å². The topological polar surface area (TPSA) is 87.4 Å². The maximum atomic E-state index is 12.4. The van der Waals surface area contributed by atoms with Crippen LogP contribution in [0, 0.1) is 6.92 Å². The Hall–Kier alpha value is -3.68. The molecule has 1 aliphatic heterocycles. The molecule has 4 heterocycles. The van der Waals surface area contributed by atoms with Crippen molar-refractivity contribution < 1.29 is 9.21 Å². The Kier molecular flexibility index (Phi) is 5.51. The average Bonchev–Trinajstić information content (AvgIpc) is 3.26. The molecule has 8 nitrogen and oxygen atoms in total. The van der Waals surface area contributed by atoms with Crippen LogP contribution in [0.5, 0.6) is 0 Å². The third-order valence-corrected chi connectivity index (χ3v) is 4.59. The van der Waals surface area contributed by atoms with Crippen LogP contribution < -0.4 is 10.2 Å². The highest BCUT2D eigenvalue weighted by molar-refractivity contribution is 5.91. The van der Waals surface area contributed by atoms with E-state index in [-0.39, 0.29) is 5.91 Å². The molecule has 1 amide bonds. The van der Waals surface area contributed by atoms with Crippen molar-refractivity contribution in [3.63, 3.8) is 0 Å². The lowest BCUT2D eigenvalue weighted by molar-refractivity contribution is -0.126. The first-order chi connectivity index (χ1) is 14.2. The molecule has 0 bridgehead atoms. The first kappa shape index (κ1) is 18.7. The van der Waals surface area contributed by atoms with Crippen LogP contribution >= 0.6 is 0 Å². The summed E-state index contributed by atoms with van der Waals surface area (Å²) in [6, 6.07) is 11.2. The largest absolute Gasteiger partial charge is 0.465 e. The predicted molar refractivity (Wildman–Crippen MR) is 111 cm³/mol. The minimum Gasteiger partial charge on any atom is -0.465 e. The van der Waals surface area contributed by atoms with Crippen LogP contribution in [0.3, 0.4) is 0 Å². The summed E-state index contributed by atoms with van der Waals surface area (Å²) in [6.07, 6.45) is 6.56. The first-order valence-corrected chi connectivity index (χ1v) is 9.46. The van der Waals surface area contributed by atoms with E-state index < -0.39 is 0 Å². The molecule has 4 rings (SSSR count). The van der Waals surface area contributed by atoms with Gasteiger partial charge in [0.05, 0.1) is 6.26 Å². The van der Waals surface area contributed by atoms with Gasteiger partial charge < -0.3 is 19.5 Å². The van der Waals surface area contributed by atoms with Crippen LogP contribution in [0.2, 0.25) is 0 Å². The standard InChI is InChI=1S/C21H22N6O2/c1-16-23-19(25-18-6-2-3-9-22-18)15-20(24-16)26-10-12-27(13-11-26)21(28)8-7-17-5-4-14-29-17/h2-9,14-15H,10-13H2,1H3,(H,22,23,24,25)/b8-7+. The summed E-state index contributed by atoms with van der Waals surface area (Å²) >= 11 is 0. The summed E-state index contributed by atoms with van der Waals surface area (Å²) < 4.78 is 5.22. The Morgan fingerprint density at radius 2 is 1.97 bits per heavy atom. The number of amides is 1. The zero-order chi connectivity index (χ0) is 20.1. The lowest BCUT2D eigenvalue weighted by atomic mass is 10.3. The summed E-state index contributed by atoms with van der Waals surface area (Å²) in [7, 11) is 0. The molecule has 1 saturated heterocycles. The first-order valence-electron chi connectivity index (χ1n) is 9.46. The molecule has 1 aliphatic rings. The van der Waals surface area contributed by atoms with Gasteiger partial charge in [0.2, 0.25) is 5.91 Å². The van der Waals surface area contributed by atoms with Crippen molar-refractivity contribution in [1.29, 1.82) is 0 Å². The molecule has 0 spiro atoms. The van der Waals surface area contributed by atoms with Gasteiger partial charge in [0.25, 0.3) is 0 Å². The lowest BCUT2D eigenvalue weighted by Gasteiger charge is -2.35. The third-order valence-electron chi connectivity index (χ3n) is 4.59. The Morgan fingerprint density at radius 3 is 2.69 bits per heavy atom. The second-order valence-electron chi connectivity index (χ2n) is 6.66. The number of aryl methyl sites for hydroxylation is 1. The smallest absolute Gasteiger partial charge is 0.246 e. The molecule has 0 radical (unpaired) electrons. The van der Waals surface area contributed by atoms with E-state index in [2.05, 4.69) is 25.2 Å². The van der Waals surface area contributed by atoms with Crippen molar-refractivity contribution in [2.45, 2.75) is 6.92 Å². The van der Waals surface area contributed by atoms with Crippen molar-refractivity contribution in [2.75, 3.05) is 36.4 Å². The molecule has 148 valence electrons. The van der Waals surface area contributed by atoms with Crippen molar-refractivity contribution in [3.8, 4) is 0 Å². The van der Waals surface area contributed by atoms with Gasteiger partial charge in [-0.3, -0.25) is 4.79 Å². The highest BCUT2D eigenvalue weighted by Gasteiger charge is 2.21. The maximum Gasteiger partial charge on any atom is 0.246 e. The van der Waals surface area contributed by atoms with Gasteiger partial charge in [0.1, 0.15) is 29.0 Å². The number of anilines is 3. The summed E-state index contributed by atoms with van der Waals surface area (Å²) in [5, 5.41) is 3.21. The van der Waals surface area contributed by atoms with Crippen molar-refractivity contribution in [1.82, 2.24) is 19.9 Å². The highest BCUT2D eigenvalue weighted by Crippen LogP contribution is 2.20. The van der Waals surface area contributed by atoms with E-state index in [0.29, 0.717) is 43.6 Å². The minimum atomic E-state index is -0.0163. The number of nitrogens with zero attached hydrogens (tertiary/aromatic N) is 5. The molecule has 1 N–H and O–H groups in total. The van der Waals surface area contributed by atoms with Gasteiger partial charge in [0, 0.05) is 44.5 Å². The lowest BCUT2D eigenvalue weighted by Crippen LogP contribution is -2.48. The number of hydrogen-bond donors (Lipinski definition) is 1. The van der Waals surface area contributed by atoms with Crippen LogP contribution in [0.1, 0.15) is 11.6 Å². The van der Waals surface area contributed by atoms with E-state index in [0.717, 1.165) is 11.6 Å². The van der Waals surface area contributed by atoms with E-state index in [1.807, 2.05) is 42.2 Å². The van der Waals surface area contributed by atoms with E-state index in [1.54, 1.807) is 30.7 Å². The number of piperazine rings is 1. The van der Waals surface area contributed by atoms with E-state index in [1.165, 1.54) is 0 Å². The molecule has 0 aliphatic carbocycles. The number of furan rings is 1. The predicted octanol–water partition coefficient (Wildman–Crippen LogP) is 2.88. The van der Waals surface area contributed by atoms with Crippen LogP contribution in [-0.4, -0.2) is 51.9 Å². The van der Waals surface area contributed by atoms with Crippen LogP contribution in [0.25, 0.3) is 6.08 Å². The zero-order valence-electron chi connectivity index (χ0n) is 16.2. The van der Waals surface area contributed by atoms with Gasteiger partial charge in [-0.1, -0.05) is 6.07 Å². The maximum absolute atomic E-state index is 12.4. The van der Waals surface area contributed by atoms with Crippen LogP contribution in [0.15, 0.2) is 59.4 Å². The zero-order valence-corrected chi connectivity index (χ0v) is 16.2.